The van der Waals surface area contributed by atoms with E-state index in [2.05, 4.69) is 17.4 Å². The summed E-state index contributed by atoms with van der Waals surface area (Å²) in [7, 11) is 0. The molecule has 4 heteroatoms. The fourth-order valence-corrected chi connectivity index (χ4v) is 4.01. The lowest BCUT2D eigenvalue weighted by atomic mass is 9.92. The Bertz CT molecular complexity index is 559. The minimum atomic E-state index is 0.0834. The van der Waals surface area contributed by atoms with Crippen LogP contribution in [0.3, 0.4) is 0 Å². The first-order valence-electron chi connectivity index (χ1n) is 9.84. The Hall–Kier alpha value is -1.84. The molecule has 3 rings (SSSR count). The number of hydrogen-bond donors (Lipinski definition) is 1. The van der Waals surface area contributed by atoms with Crippen LogP contribution in [0.2, 0.25) is 0 Å². The summed E-state index contributed by atoms with van der Waals surface area (Å²) in [6.45, 7) is 1.44. The van der Waals surface area contributed by atoms with Crippen molar-refractivity contribution in [3.8, 4) is 0 Å². The van der Waals surface area contributed by atoms with Crippen molar-refractivity contribution in [2.24, 2.45) is 5.92 Å². The van der Waals surface area contributed by atoms with Gasteiger partial charge in [-0.25, -0.2) is 0 Å². The van der Waals surface area contributed by atoms with Crippen LogP contribution in [0, 0.1) is 5.92 Å². The van der Waals surface area contributed by atoms with E-state index in [4.69, 9.17) is 0 Å². The molecule has 0 unspecified atom stereocenters. The molecule has 2 aliphatic rings. The molecule has 4 nitrogen and oxygen atoms in total. The van der Waals surface area contributed by atoms with E-state index in [0.717, 1.165) is 45.2 Å². The molecule has 1 aromatic rings. The number of piperidine rings is 1. The highest BCUT2D eigenvalue weighted by molar-refractivity contribution is 5.80. The minimum Gasteiger partial charge on any atom is -0.353 e. The van der Waals surface area contributed by atoms with Gasteiger partial charge in [0.1, 0.15) is 0 Å². The monoisotopic (exact) mass is 342 g/mol. The molecule has 1 saturated carbocycles. The van der Waals surface area contributed by atoms with Crippen LogP contribution < -0.4 is 5.32 Å². The van der Waals surface area contributed by atoms with Gasteiger partial charge in [-0.15, -0.1) is 0 Å². The molecule has 1 aliphatic heterocycles. The van der Waals surface area contributed by atoms with E-state index < -0.39 is 0 Å². The number of hydrogen-bond acceptors (Lipinski definition) is 2. The number of rotatable bonds is 5. The highest BCUT2D eigenvalue weighted by Crippen LogP contribution is 2.21. The third-order valence-corrected chi connectivity index (χ3v) is 5.64. The van der Waals surface area contributed by atoms with Crippen LogP contribution in [0.4, 0.5) is 0 Å². The molecule has 25 heavy (non-hydrogen) atoms. The van der Waals surface area contributed by atoms with Gasteiger partial charge in [0, 0.05) is 31.5 Å². The topological polar surface area (TPSA) is 49.4 Å². The van der Waals surface area contributed by atoms with E-state index in [1.54, 1.807) is 0 Å². The molecule has 0 radical (unpaired) electrons. The number of benzene rings is 1. The number of aryl methyl sites for hydroxylation is 1. The predicted octanol–water partition coefficient (Wildman–Crippen LogP) is 3.31. The molecule has 1 aromatic carbocycles. The molecular weight excluding hydrogens is 312 g/mol. The summed E-state index contributed by atoms with van der Waals surface area (Å²) in [6, 6.07) is 10.5. The first-order chi connectivity index (χ1) is 12.2. The third kappa shape index (κ3) is 5.32. The van der Waals surface area contributed by atoms with E-state index in [1.807, 2.05) is 23.1 Å². The van der Waals surface area contributed by atoms with Gasteiger partial charge in [-0.2, -0.15) is 0 Å². The normalized spacial score (nSPS) is 19.6. The van der Waals surface area contributed by atoms with Crippen LogP contribution in [0.25, 0.3) is 0 Å². The Morgan fingerprint density at radius 3 is 2.32 bits per heavy atom. The van der Waals surface area contributed by atoms with Crippen LogP contribution in [-0.2, 0) is 16.0 Å². The van der Waals surface area contributed by atoms with E-state index in [0.29, 0.717) is 12.5 Å². The van der Waals surface area contributed by atoms with E-state index in [1.165, 1.54) is 24.8 Å². The van der Waals surface area contributed by atoms with Gasteiger partial charge in [0.25, 0.3) is 0 Å². The van der Waals surface area contributed by atoms with Gasteiger partial charge in [0.2, 0.25) is 11.8 Å². The Morgan fingerprint density at radius 2 is 1.64 bits per heavy atom. The standard InChI is InChI=1S/C21H30N2O2/c24-20(12-11-17-7-3-1-4-8-17)23-15-13-18(14-16-23)21(25)22-19-9-5-2-6-10-19/h1,3-4,7-8,18-19H,2,5-6,9-16H2,(H,22,25). The molecular formula is C21H30N2O2. The van der Waals surface area contributed by atoms with Gasteiger partial charge in [0.05, 0.1) is 0 Å². The van der Waals surface area contributed by atoms with Crippen LogP contribution >= 0.6 is 0 Å². The Balaban J connectivity index is 1.38. The third-order valence-electron chi connectivity index (χ3n) is 5.64. The average Bonchev–Trinajstić information content (AvgIpc) is 2.68. The molecule has 0 bridgehead atoms. The van der Waals surface area contributed by atoms with Crippen molar-refractivity contribution in [1.82, 2.24) is 10.2 Å². The average molecular weight is 342 g/mol. The van der Waals surface area contributed by atoms with Gasteiger partial charge in [-0.3, -0.25) is 9.59 Å². The second-order valence-electron chi connectivity index (χ2n) is 7.48. The predicted molar refractivity (Wildman–Crippen MR) is 99.1 cm³/mol. The zero-order valence-corrected chi connectivity index (χ0v) is 15.1. The molecule has 2 amide bonds. The fourth-order valence-electron chi connectivity index (χ4n) is 4.01. The maximum absolute atomic E-state index is 12.4. The van der Waals surface area contributed by atoms with Crippen LogP contribution in [-0.4, -0.2) is 35.8 Å². The SMILES string of the molecule is O=C(NC1CCCCC1)C1CCN(C(=O)CCc2ccccc2)CC1. The second-order valence-corrected chi connectivity index (χ2v) is 7.48. The summed E-state index contributed by atoms with van der Waals surface area (Å²) >= 11 is 0. The Kier molecular flexibility index (Phi) is 6.48. The summed E-state index contributed by atoms with van der Waals surface area (Å²) in [5, 5.41) is 3.24. The van der Waals surface area contributed by atoms with Gasteiger partial charge in [-0.1, -0.05) is 49.6 Å². The fraction of sp³-hybridized carbons (Fsp3) is 0.619. The highest BCUT2D eigenvalue weighted by Gasteiger charge is 2.28. The summed E-state index contributed by atoms with van der Waals surface area (Å²) in [6.07, 6.45) is 8.98. The van der Waals surface area contributed by atoms with Crippen LogP contribution in [0.5, 0.6) is 0 Å². The quantitative estimate of drug-likeness (QED) is 0.892. The minimum absolute atomic E-state index is 0.0834. The molecule has 1 saturated heterocycles. The van der Waals surface area contributed by atoms with Crippen molar-refractivity contribution in [1.29, 1.82) is 0 Å². The van der Waals surface area contributed by atoms with E-state index >= 15 is 0 Å². The molecule has 0 atom stereocenters. The zero-order valence-electron chi connectivity index (χ0n) is 15.1. The molecule has 136 valence electrons. The molecule has 0 aromatic heterocycles. The van der Waals surface area contributed by atoms with Crippen LogP contribution in [0.1, 0.15) is 56.9 Å². The van der Waals surface area contributed by atoms with Crippen molar-refractivity contribution >= 4 is 11.8 Å². The smallest absolute Gasteiger partial charge is 0.223 e. The molecule has 2 fully saturated rings. The molecule has 1 N–H and O–H groups in total. The number of likely N-dealkylation sites (tertiary alicyclic amines) is 1. The lowest BCUT2D eigenvalue weighted by molar-refractivity contribution is -0.135. The van der Waals surface area contributed by atoms with Crippen molar-refractivity contribution in [3.63, 3.8) is 0 Å². The maximum atomic E-state index is 12.4. The molecule has 1 heterocycles. The van der Waals surface area contributed by atoms with E-state index in [-0.39, 0.29) is 17.7 Å². The van der Waals surface area contributed by atoms with Crippen molar-refractivity contribution in [2.75, 3.05) is 13.1 Å². The zero-order chi connectivity index (χ0) is 17.5. The maximum Gasteiger partial charge on any atom is 0.223 e. The number of nitrogens with zero attached hydrogens (tertiary/aromatic N) is 1. The highest BCUT2D eigenvalue weighted by atomic mass is 16.2. The number of carbonyl (C=O) groups excluding carboxylic acids is 2. The van der Waals surface area contributed by atoms with Gasteiger partial charge >= 0.3 is 0 Å². The lowest BCUT2D eigenvalue weighted by Gasteiger charge is -2.33. The Labute approximate surface area is 151 Å². The van der Waals surface area contributed by atoms with E-state index in [9.17, 15) is 9.59 Å². The largest absolute Gasteiger partial charge is 0.353 e. The lowest BCUT2D eigenvalue weighted by Crippen LogP contribution is -2.45. The molecule has 1 aliphatic carbocycles. The Morgan fingerprint density at radius 1 is 0.960 bits per heavy atom. The summed E-state index contributed by atoms with van der Waals surface area (Å²) in [5.74, 6) is 0.512. The van der Waals surface area contributed by atoms with Gasteiger partial charge < -0.3 is 10.2 Å². The van der Waals surface area contributed by atoms with Crippen molar-refractivity contribution in [2.45, 2.75) is 63.8 Å². The second kappa shape index (κ2) is 9.02. The number of carbonyl (C=O) groups is 2. The van der Waals surface area contributed by atoms with Gasteiger partial charge in [-0.05, 0) is 37.7 Å². The first kappa shape index (κ1) is 18.0. The molecule has 0 spiro atoms. The number of nitrogens with one attached hydrogen (secondary N) is 1. The summed E-state index contributed by atoms with van der Waals surface area (Å²) in [5.41, 5.74) is 1.21. The first-order valence-corrected chi connectivity index (χ1v) is 9.84. The van der Waals surface area contributed by atoms with Crippen molar-refractivity contribution < 1.29 is 9.59 Å². The van der Waals surface area contributed by atoms with Crippen LogP contribution in [0.15, 0.2) is 30.3 Å². The summed E-state index contributed by atoms with van der Waals surface area (Å²) < 4.78 is 0. The summed E-state index contributed by atoms with van der Waals surface area (Å²) in [4.78, 5) is 26.8. The van der Waals surface area contributed by atoms with Gasteiger partial charge in [0.15, 0.2) is 0 Å². The number of amides is 2. The van der Waals surface area contributed by atoms with Crippen molar-refractivity contribution in [3.05, 3.63) is 35.9 Å².